The third-order valence-corrected chi connectivity index (χ3v) is 81.4. The van der Waals surface area contributed by atoms with E-state index in [-0.39, 0.29) is 0 Å². The minimum atomic E-state index is -1.45. The number of hydrogen-bond donors (Lipinski definition) is 0. The zero-order chi connectivity index (χ0) is 22.1. The van der Waals surface area contributed by atoms with Gasteiger partial charge in [-0.3, -0.25) is 4.90 Å². The Balaban J connectivity index is 2.60. The molecule has 1 aromatic carbocycles. The molecule has 1 aliphatic rings. The Bertz CT molecular complexity index is 617. The summed E-state index contributed by atoms with van der Waals surface area (Å²) in [6.07, 6.45) is 0. The molecule has 0 radical (unpaired) electrons. The number of nitrogens with zero attached hydrogens (tertiary/aromatic N) is 1. The maximum absolute atomic E-state index is 5.73. The molecule has 0 aliphatic carbocycles. The second-order valence-corrected chi connectivity index (χ2v) is 53.2. The van der Waals surface area contributed by atoms with Crippen molar-refractivity contribution in [1.82, 2.24) is 4.90 Å². The molecule has 0 bridgehead atoms. The van der Waals surface area contributed by atoms with Gasteiger partial charge < -0.3 is 9.47 Å². The van der Waals surface area contributed by atoms with Crippen molar-refractivity contribution in [3.05, 3.63) is 29.8 Å². The molecule has 1 fully saturated rings. The molecule has 29 heavy (non-hydrogen) atoms. The van der Waals surface area contributed by atoms with E-state index in [1.165, 1.54) is 11.6 Å². The van der Waals surface area contributed by atoms with Crippen LogP contribution in [-0.4, -0.2) is 67.7 Å². The SMILES string of the molecule is COc1ccc(C(C[Si]([Si](C)(C)C)([Si](C)(C)C)[Si](C)(C)C)N2CCOCC2)cc1. The molecule has 0 N–H and O–H groups in total. The van der Waals surface area contributed by atoms with Gasteiger partial charge in [-0.05, 0) is 23.7 Å². The summed E-state index contributed by atoms with van der Waals surface area (Å²) in [5.74, 6) is 0.957. The third-order valence-electron chi connectivity index (χ3n) is 7.33. The molecule has 1 aromatic rings. The summed E-state index contributed by atoms with van der Waals surface area (Å²) in [6.45, 7) is 26.8. The van der Waals surface area contributed by atoms with Crippen LogP contribution >= 0.6 is 0 Å². The molecule has 0 aromatic heterocycles. The van der Waals surface area contributed by atoms with E-state index in [9.17, 15) is 0 Å². The molecule has 7 heteroatoms. The van der Waals surface area contributed by atoms with Crippen molar-refractivity contribution in [2.75, 3.05) is 33.4 Å². The van der Waals surface area contributed by atoms with Crippen LogP contribution in [0, 0.1) is 0 Å². The number of morpholine rings is 1. The Hall–Kier alpha value is -0.192. The normalized spacial score (nSPS) is 18.6. The van der Waals surface area contributed by atoms with Crippen LogP contribution in [0.5, 0.6) is 5.75 Å². The van der Waals surface area contributed by atoms with Gasteiger partial charge in [-0.2, -0.15) is 0 Å². The van der Waals surface area contributed by atoms with Gasteiger partial charge in [-0.25, -0.2) is 0 Å². The Kier molecular flexibility index (Phi) is 7.89. The Morgan fingerprint density at radius 3 is 1.66 bits per heavy atom. The Morgan fingerprint density at radius 2 is 1.28 bits per heavy atom. The molecule has 0 spiro atoms. The van der Waals surface area contributed by atoms with E-state index in [4.69, 9.17) is 9.47 Å². The second-order valence-electron chi connectivity index (χ2n) is 11.8. The van der Waals surface area contributed by atoms with E-state index in [1.807, 2.05) is 0 Å². The molecule has 0 amide bonds. The lowest BCUT2D eigenvalue weighted by atomic mass is 10.1. The number of benzene rings is 1. The highest BCUT2D eigenvalue weighted by Gasteiger charge is 2.62. The van der Waals surface area contributed by atoms with Crippen molar-refractivity contribution in [3.8, 4) is 5.75 Å². The molecule has 1 aliphatic heterocycles. The van der Waals surface area contributed by atoms with E-state index in [0.29, 0.717) is 6.04 Å². The van der Waals surface area contributed by atoms with Crippen LogP contribution in [0.3, 0.4) is 0 Å². The predicted octanol–water partition coefficient (Wildman–Crippen LogP) is 5.77. The fourth-order valence-corrected chi connectivity index (χ4v) is 105. The summed E-state index contributed by atoms with van der Waals surface area (Å²) < 4.78 is 11.2. The predicted molar refractivity (Wildman–Crippen MR) is 139 cm³/mol. The first-order valence-corrected chi connectivity index (χ1v) is 26.9. The lowest BCUT2D eigenvalue weighted by Crippen LogP contribution is -2.83. The van der Waals surface area contributed by atoms with Gasteiger partial charge in [-0.15, -0.1) is 0 Å². The molecule has 2 rings (SSSR count). The average Bonchev–Trinajstić information content (AvgIpc) is 2.60. The average molecular weight is 468 g/mol. The summed E-state index contributed by atoms with van der Waals surface area (Å²) in [7, 11) is -2.16. The van der Waals surface area contributed by atoms with Crippen molar-refractivity contribution < 1.29 is 9.47 Å². The summed E-state index contributed by atoms with van der Waals surface area (Å²) in [5.41, 5.74) is 1.49. The monoisotopic (exact) mass is 467 g/mol. The maximum atomic E-state index is 5.73. The first-order valence-electron chi connectivity index (χ1n) is 11.2. The van der Waals surface area contributed by atoms with Crippen molar-refractivity contribution in [2.24, 2.45) is 0 Å². The smallest absolute Gasteiger partial charge is 0.118 e. The standard InChI is InChI=1S/C22H45NO2Si4/c1-24-21-13-11-20(12-14-21)22(23-15-17-25-18-16-23)19-29(26(2,3)4,27(5,6)7)28(8,9)10/h11-14,22H,15-19H2,1-10H3. The molecule has 0 saturated carbocycles. The summed E-state index contributed by atoms with van der Waals surface area (Å²) in [5, 5.41) is 0. The van der Waals surface area contributed by atoms with E-state index in [1.54, 1.807) is 7.11 Å². The first-order chi connectivity index (χ1) is 13.2. The van der Waals surface area contributed by atoms with Crippen molar-refractivity contribution in [1.29, 1.82) is 0 Å². The Morgan fingerprint density at radius 1 is 0.828 bits per heavy atom. The number of ether oxygens (including phenoxy) is 2. The largest absolute Gasteiger partial charge is 0.497 e. The molecule has 166 valence electrons. The van der Waals surface area contributed by atoms with Crippen LogP contribution in [0.15, 0.2) is 24.3 Å². The van der Waals surface area contributed by atoms with Crippen LogP contribution in [0.1, 0.15) is 11.6 Å². The number of hydrogen-bond acceptors (Lipinski definition) is 3. The van der Waals surface area contributed by atoms with Crippen LogP contribution in [0.4, 0.5) is 0 Å². The topological polar surface area (TPSA) is 21.7 Å². The summed E-state index contributed by atoms with van der Waals surface area (Å²) in [6, 6.07) is 10.9. The van der Waals surface area contributed by atoms with Gasteiger partial charge in [0.15, 0.2) is 0 Å². The molecule has 1 atom stereocenters. The number of methoxy groups -OCH3 is 1. The fourth-order valence-electron chi connectivity index (χ4n) is 6.76. The Labute approximate surface area is 183 Å². The zero-order valence-corrected chi connectivity index (χ0v) is 24.7. The molecule has 1 saturated heterocycles. The van der Waals surface area contributed by atoms with Crippen molar-refractivity contribution in [2.45, 2.75) is 71.0 Å². The van der Waals surface area contributed by atoms with E-state index in [2.05, 4.69) is 88.1 Å². The van der Waals surface area contributed by atoms with Gasteiger partial charge >= 0.3 is 0 Å². The van der Waals surface area contributed by atoms with Crippen LogP contribution < -0.4 is 4.74 Å². The molecule has 1 unspecified atom stereocenters. The fraction of sp³-hybridized carbons (Fsp3) is 0.727. The highest BCUT2D eigenvalue weighted by molar-refractivity contribution is 7.89. The second kappa shape index (κ2) is 9.12. The van der Waals surface area contributed by atoms with E-state index < -0.39 is 29.4 Å². The summed E-state index contributed by atoms with van der Waals surface area (Å²) in [4.78, 5) is 2.74. The van der Waals surface area contributed by atoms with E-state index in [0.717, 1.165) is 32.1 Å². The lowest BCUT2D eigenvalue weighted by Gasteiger charge is -2.59. The van der Waals surface area contributed by atoms with Gasteiger partial charge in [0.05, 0.1) is 20.3 Å². The maximum Gasteiger partial charge on any atom is 0.118 e. The van der Waals surface area contributed by atoms with Gasteiger partial charge in [0.25, 0.3) is 0 Å². The third kappa shape index (κ3) is 5.18. The zero-order valence-electron chi connectivity index (χ0n) is 20.7. The van der Waals surface area contributed by atoms with Crippen LogP contribution in [0.2, 0.25) is 65.0 Å². The van der Waals surface area contributed by atoms with Crippen molar-refractivity contribution >= 4 is 29.4 Å². The lowest BCUT2D eigenvalue weighted by molar-refractivity contribution is 0.0198. The van der Waals surface area contributed by atoms with Crippen LogP contribution in [0.25, 0.3) is 0 Å². The van der Waals surface area contributed by atoms with Gasteiger partial charge in [0.1, 0.15) is 5.75 Å². The van der Waals surface area contributed by atoms with E-state index >= 15 is 0 Å². The van der Waals surface area contributed by atoms with Gasteiger partial charge in [0.2, 0.25) is 0 Å². The molecule has 1 heterocycles. The van der Waals surface area contributed by atoms with Crippen LogP contribution in [-0.2, 0) is 4.74 Å². The first kappa shape index (κ1) is 25.1. The van der Waals surface area contributed by atoms with Gasteiger partial charge in [0, 0.05) is 48.5 Å². The van der Waals surface area contributed by atoms with Gasteiger partial charge in [-0.1, -0.05) is 71.1 Å². The highest BCUT2D eigenvalue weighted by Crippen LogP contribution is 2.45. The summed E-state index contributed by atoms with van der Waals surface area (Å²) >= 11 is 0. The minimum Gasteiger partial charge on any atom is -0.497 e. The quantitative estimate of drug-likeness (QED) is 0.453. The molecular formula is C22H45NO2Si4. The molecule has 3 nitrogen and oxygen atoms in total. The minimum absolute atomic E-state index is 0.529. The highest BCUT2D eigenvalue weighted by atomic mass is 29.9. The number of rotatable bonds is 8. The van der Waals surface area contributed by atoms with Crippen molar-refractivity contribution in [3.63, 3.8) is 0 Å². The molecular weight excluding hydrogens is 423 g/mol.